The van der Waals surface area contributed by atoms with Crippen molar-refractivity contribution >= 4 is 0 Å². The first-order chi connectivity index (χ1) is 8.86. The zero-order valence-corrected chi connectivity index (χ0v) is 11.5. The summed E-state index contributed by atoms with van der Waals surface area (Å²) in [4.78, 5) is 0. The summed E-state index contributed by atoms with van der Waals surface area (Å²) < 4.78 is 6.08. The SMILES string of the molecule is C(=CC1CCOC2(CCCC2)C1)CCNC1CC1. The van der Waals surface area contributed by atoms with Crippen molar-refractivity contribution in [3.8, 4) is 0 Å². The molecule has 1 N–H and O–H groups in total. The van der Waals surface area contributed by atoms with E-state index in [0.717, 1.165) is 25.1 Å². The van der Waals surface area contributed by atoms with Crippen LogP contribution in [-0.4, -0.2) is 24.8 Å². The number of rotatable bonds is 5. The van der Waals surface area contributed by atoms with Crippen molar-refractivity contribution in [1.29, 1.82) is 0 Å². The van der Waals surface area contributed by atoms with Crippen molar-refractivity contribution < 1.29 is 4.74 Å². The second kappa shape index (κ2) is 5.75. The Hall–Kier alpha value is -0.340. The fraction of sp³-hybridized carbons (Fsp3) is 0.875. The van der Waals surface area contributed by atoms with Crippen molar-refractivity contribution in [2.75, 3.05) is 13.2 Å². The van der Waals surface area contributed by atoms with E-state index in [0.29, 0.717) is 0 Å². The molecule has 0 amide bonds. The van der Waals surface area contributed by atoms with Crippen LogP contribution in [0.3, 0.4) is 0 Å². The fourth-order valence-electron chi connectivity index (χ4n) is 3.54. The lowest BCUT2D eigenvalue weighted by Gasteiger charge is -2.37. The van der Waals surface area contributed by atoms with Gasteiger partial charge in [0.15, 0.2) is 0 Å². The first kappa shape index (κ1) is 12.7. The molecule has 0 aromatic rings. The Kier molecular flexibility index (Phi) is 4.05. The van der Waals surface area contributed by atoms with Gasteiger partial charge in [0.25, 0.3) is 0 Å². The van der Waals surface area contributed by atoms with Gasteiger partial charge in [-0.3, -0.25) is 0 Å². The molecule has 0 radical (unpaired) electrons. The minimum Gasteiger partial charge on any atom is -0.375 e. The van der Waals surface area contributed by atoms with Gasteiger partial charge < -0.3 is 10.1 Å². The first-order valence-corrected chi connectivity index (χ1v) is 7.90. The van der Waals surface area contributed by atoms with Gasteiger partial charge in [-0.15, -0.1) is 0 Å². The molecule has 0 bridgehead atoms. The van der Waals surface area contributed by atoms with Gasteiger partial charge in [-0.1, -0.05) is 25.0 Å². The van der Waals surface area contributed by atoms with Crippen LogP contribution in [0.1, 0.15) is 57.8 Å². The van der Waals surface area contributed by atoms with Crippen LogP contribution in [0.25, 0.3) is 0 Å². The van der Waals surface area contributed by atoms with E-state index in [-0.39, 0.29) is 5.60 Å². The summed E-state index contributed by atoms with van der Waals surface area (Å²) in [5, 5.41) is 3.57. The van der Waals surface area contributed by atoms with Gasteiger partial charge in [0.05, 0.1) is 5.60 Å². The highest BCUT2D eigenvalue weighted by Crippen LogP contribution is 2.42. The Morgan fingerprint density at radius 3 is 2.78 bits per heavy atom. The van der Waals surface area contributed by atoms with Crippen molar-refractivity contribution in [1.82, 2.24) is 5.32 Å². The lowest BCUT2D eigenvalue weighted by Crippen LogP contribution is -2.36. The van der Waals surface area contributed by atoms with Crippen molar-refractivity contribution in [2.24, 2.45) is 5.92 Å². The number of allylic oxidation sites excluding steroid dienone is 1. The van der Waals surface area contributed by atoms with Gasteiger partial charge in [0.2, 0.25) is 0 Å². The van der Waals surface area contributed by atoms with Gasteiger partial charge in [-0.05, 0) is 57.4 Å². The Bertz CT molecular complexity index is 289. The molecule has 18 heavy (non-hydrogen) atoms. The van der Waals surface area contributed by atoms with Gasteiger partial charge in [0.1, 0.15) is 0 Å². The van der Waals surface area contributed by atoms with Gasteiger partial charge in [-0.2, -0.15) is 0 Å². The van der Waals surface area contributed by atoms with Crippen LogP contribution >= 0.6 is 0 Å². The highest BCUT2D eigenvalue weighted by Gasteiger charge is 2.38. The van der Waals surface area contributed by atoms with E-state index >= 15 is 0 Å². The smallest absolute Gasteiger partial charge is 0.0688 e. The Labute approximate surface area is 111 Å². The van der Waals surface area contributed by atoms with E-state index in [1.54, 1.807) is 0 Å². The van der Waals surface area contributed by atoms with Gasteiger partial charge >= 0.3 is 0 Å². The molecule has 2 heteroatoms. The molecule has 2 aliphatic carbocycles. The maximum absolute atomic E-state index is 6.08. The molecule has 0 aromatic heterocycles. The Morgan fingerprint density at radius 1 is 1.17 bits per heavy atom. The Balaban J connectivity index is 1.39. The van der Waals surface area contributed by atoms with Crippen LogP contribution < -0.4 is 5.32 Å². The summed E-state index contributed by atoms with van der Waals surface area (Å²) in [5.74, 6) is 0.776. The van der Waals surface area contributed by atoms with Crippen LogP contribution in [0.5, 0.6) is 0 Å². The standard InChI is InChI=1S/C16H27NO/c1(4-11-17-15-6-7-15)5-14-8-12-18-16(13-14)9-2-3-10-16/h1,5,14-15,17H,2-4,6-13H2. The van der Waals surface area contributed by atoms with Crippen LogP contribution in [0.15, 0.2) is 12.2 Å². The molecule has 1 heterocycles. The molecule has 1 atom stereocenters. The van der Waals surface area contributed by atoms with E-state index in [1.807, 2.05) is 0 Å². The van der Waals surface area contributed by atoms with E-state index < -0.39 is 0 Å². The van der Waals surface area contributed by atoms with Crippen molar-refractivity contribution in [3.05, 3.63) is 12.2 Å². The number of ether oxygens (including phenoxy) is 1. The van der Waals surface area contributed by atoms with Gasteiger partial charge in [0, 0.05) is 12.6 Å². The second-order valence-electron chi connectivity index (χ2n) is 6.44. The van der Waals surface area contributed by atoms with Crippen molar-refractivity contribution in [3.63, 3.8) is 0 Å². The van der Waals surface area contributed by atoms with Crippen LogP contribution in [0.2, 0.25) is 0 Å². The van der Waals surface area contributed by atoms with Crippen molar-refractivity contribution in [2.45, 2.75) is 69.4 Å². The molecule has 2 nitrogen and oxygen atoms in total. The molecule has 1 spiro atoms. The summed E-state index contributed by atoms with van der Waals surface area (Å²) >= 11 is 0. The third kappa shape index (κ3) is 3.36. The first-order valence-electron chi connectivity index (χ1n) is 7.90. The minimum atomic E-state index is 0.277. The third-order valence-electron chi connectivity index (χ3n) is 4.78. The zero-order chi connectivity index (χ0) is 12.3. The lowest BCUT2D eigenvalue weighted by atomic mass is 9.84. The van der Waals surface area contributed by atoms with Crippen LogP contribution in [0.4, 0.5) is 0 Å². The monoisotopic (exact) mass is 249 g/mol. The quantitative estimate of drug-likeness (QED) is 0.595. The third-order valence-corrected chi connectivity index (χ3v) is 4.78. The predicted octanol–water partition coefficient (Wildman–Crippen LogP) is 3.42. The summed E-state index contributed by atoms with van der Waals surface area (Å²) in [5.41, 5.74) is 0.277. The fourth-order valence-corrected chi connectivity index (χ4v) is 3.54. The highest BCUT2D eigenvalue weighted by molar-refractivity contribution is 4.98. The Morgan fingerprint density at radius 2 is 2.00 bits per heavy atom. The maximum Gasteiger partial charge on any atom is 0.0688 e. The average molecular weight is 249 g/mol. The molecule has 1 unspecified atom stereocenters. The normalized spacial score (nSPS) is 31.4. The second-order valence-corrected chi connectivity index (χ2v) is 6.44. The zero-order valence-electron chi connectivity index (χ0n) is 11.5. The van der Waals surface area contributed by atoms with Crippen LogP contribution in [-0.2, 0) is 4.74 Å². The average Bonchev–Trinajstić information content (AvgIpc) is 3.11. The number of nitrogens with one attached hydrogen (secondary N) is 1. The number of hydrogen-bond acceptors (Lipinski definition) is 2. The molecule has 1 aliphatic heterocycles. The lowest BCUT2D eigenvalue weighted by molar-refractivity contribution is -0.0853. The highest BCUT2D eigenvalue weighted by atomic mass is 16.5. The number of hydrogen-bond donors (Lipinski definition) is 1. The molecule has 102 valence electrons. The molecule has 2 saturated carbocycles. The predicted molar refractivity (Wildman–Crippen MR) is 74.7 cm³/mol. The van der Waals surface area contributed by atoms with E-state index in [2.05, 4.69) is 17.5 Å². The molecule has 3 fully saturated rings. The summed E-state index contributed by atoms with van der Waals surface area (Å²) in [6, 6.07) is 0.850. The van der Waals surface area contributed by atoms with Crippen LogP contribution in [0, 0.1) is 5.92 Å². The maximum atomic E-state index is 6.08. The summed E-state index contributed by atoms with van der Waals surface area (Å²) in [6.07, 6.45) is 16.7. The summed E-state index contributed by atoms with van der Waals surface area (Å²) in [6.45, 7) is 2.14. The van der Waals surface area contributed by atoms with E-state index in [4.69, 9.17) is 4.74 Å². The molecular weight excluding hydrogens is 222 g/mol. The molecule has 3 aliphatic rings. The topological polar surface area (TPSA) is 21.3 Å². The van der Waals surface area contributed by atoms with E-state index in [9.17, 15) is 0 Å². The largest absolute Gasteiger partial charge is 0.375 e. The molecular formula is C16H27NO. The molecule has 3 rings (SSSR count). The van der Waals surface area contributed by atoms with Gasteiger partial charge in [-0.25, -0.2) is 0 Å². The molecule has 0 aromatic carbocycles. The minimum absolute atomic E-state index is 0.277. The summed E-state index contributed by atoms with van der Waals surface area (Å²) in [7, 11) is 0. The molecule has 1 saturated heterocycles. The van der Waals surface area contributed by atoms with E-state index in [1.165, 1.54) is 57.8 Å².